The molecule has 0 atom stereocenters. The molecule has 0 saturated heterocycles. The van der Waals surface area contributed by atoms with Gasteiger partial charge in [0.15, 0.2) is 0 Å². The van der Waals surface area contributed by atoms with Gasteiger partial charge >= 0.3 is 12.1 Å². The number of amides is 2. The molecular weight excluding hydrogens is 281 g/mol. The summed E-state index contributed by atoms with van der Waals surface area (Å²) in [4.78, 5) is 30.6. The quantitative estimate of drug-likeness (QED) is 0.748. The Balaban J connectivity index is 0.000000441. The lowest BCUT2D eigenvalue weighted by Gasteiger charge is -1.99. The summed E-state index contributed by atoms with van der Waals surface area (Å²) in [6, 6.07) is 6.15. The van der Waals surface area contributed by atoms with Gasteiger partial charge in [0, 0.05) is 18.2 Å². The summed E-state index contributed by atoms with van der Waals surface area (Å²) in [6.07, 6.45) is -5.08. The minimum atomic E-state index is -5.08. The van der Waals surface area contributed by atoms with Crippen LogP contribution in [0.4, 0.5) is 13.2 Å². The summed E-state index contributed by atoms with van der Waals surface area (Å²) in [7, 11) is 1.55. The first-order valence-electron chi connectivity index (χ1n) is 5.01. The van der Waals surface area contributed by atoms with E-state index in [-0.39, 0.29) is 5.91 Å². The summed E-state index contributed by atoms with van der Waals surface area (Å²) in [5.74, 6) is -3.44. The lowest BCUT2D eigenvalue weighted by Crippen LogP contribution is -2.21. The number of aliphatic carboxylic acids is 1. The average molecular weight is 292 g/mol. The van der Waals surface area contributed by atoms with Crippen LogP contribution in [0.5, 0.6) is 0 Å². The molecule has 4 N–H and O–H groups in total. The van der Waals surface area contributed by atoms with Crippen molar-refractivity contribution >= 4 is 17.8 Å². The molecule has 0 spiro atoms. The standard InChI is InChI=1S/C9H10N2O2.C2HF3O2/c1-11-9(13)7-4-2-6(3-5-7)8(10)12;3-2(4,5)1(6)7/h2-5H,1H3,(H2,10,12)(H,11,13);(H,6,7). The molecule has 0 saturated carbocycles. The number of halogens is 3. The van der Waals surface area contributed by atoms with Crippen LogP contribution < -0.4 is 11.1 Å². The third-order valence-corrected chi connectivity index (χ3v) is 1.90. The molecule has 2 amide bonds. The molecule has 0 aliphatic rings. The monoisotopic (exact) mass is 292 g/mol. The van der Waals surface area contributed by atoms with Crippen molar-refractivity contribution in [2.75, 3.05) is 7.05 Å². The Hall–Kier alpha value is -2.58. The molecule has 0 aromatic heterocycles. The van der Waals surface area contributed by atoms with Gasteiger partial charge in [-0.15, -0.1) is 0 Å². The van der Waals surface area contributed by atoms with Crippen LogP contribution in [0.3, 0.4) is 0 Å². The molecule has 1 aromatic rings. The van der Waals surface area contributed by atoms with Crippen molar-refractivity contribution in [3.8, 4) is 0 Å². The van der Waals surface area contributed by atoms with Gasteiger partial charge in [0.05, 0.1) is 0 Å². The highest BCUT2D eigenvalue weighted by Crippen LogP contribution is 2.13. The molecule has 0 bridgehead atoms. The fourth-order valence-corrected chi connectivity index (χ4v) is 0.930. The van der Waals surface area contributed by atoms with Crippen molar-refractivity contribution in [1.29, 1.82) is 0 Å². The number of carbonyl (C=O) groups is 3. The van der Waals surface area contributed by atoms with E-state index in [1.807, 2.05) is 0 Å². The molecule has 1 aromatic carbocycles. The lowest BCUT2D eigenvalue weighted by molar-refractivity contribution is -0.192. The van der Waals surface area contributed by atoms with Gasteiger partial charge in [0.2, 0.25) is 5.91 Å². The Morgan fingerprint density at radius 2 is 1.45 bits per heavy atom. The number of rotatable bonds is 2. The number of benzene rings is 1. The SMILES string of the molecule is CNC(=O)c1ccc(C(N)=O)cc1.O=C(O)C(F)(F)F. The van der Waals surface area contributed by atoms with E-state index in [0.29, 0.717) is 11.1 Å². The first-order valence-corrected chi connectivity index (χ1v) is 5.01. The normalized spacial score (nSPS) is 10.0. The van der Waals surface area contributed by atoms with E-state index < -0.39 is 18.1 Å². The van der Waals surface area contributed by atoms with Crippen LogP contribution >= 0.6 is 0 Å². The van der Waals surface area contributed by atoms with E-state index in [4.69, 9.17) is 15.6 Å². The van der Waals surface area contributed by atoms with E-state index in [2.05, 4.69) is 5.32 Å². The minimum absolute atomic E-state index is 0.184. The third kappa shape index (κ3) is 5.85. The van der Waals surface area contributed by atoms with E-state index in [1.54, 1.807) is 19.2 Å². The number of hydrogen-bond acceptors (Lipinski definition) is 3. The number of carboxylic acid groups (broad SMARTS) is 1. The number of nitrogens with two attached hydrogens (primary N) is 1. The molecule has 0 unspecified atom stereocenters. The zero-order valence-corrected chi connectivity index (χ0v) is 10.2. The number of nitrogens with one attached hydrogen (secondary N) is 1. The highest BCUT2D eigenvalue weighted by Gasteiger charge is 2.38. The van der Waals surface area contributed by atoms with Crippen molar-refractivity contribution < 1.29 is 32.7 Å². The molecule has 0 fully saturated rings. The second-order valence-electron chi connectivity index (χ2n) is 3.32. The highest BCUT2D eigenvalue weighted by atomic mass is 19.4. The Bertz CT molecular complexity index is 497. The van der Waals surface area contributed by atoms with Gasteiger partial charge in [0.1, 0.15) is 0 Å². The maximum atomic E-state index is 11.1. The first-order chi connectivity index (χ1) is 9.09. The Kier molecular flexibility index (Phi) is 6.20. The van der Waals surface area contributed by atoms with Crippen molar-refractivity contribution in [1.82, 2.24) is 5.32 Å². The molecule has 6 nitrogen and oxygen atoms in total. The number of carbonyl (C=O) groups excluding carboxylic acids is 2. The first kappa shape index (κ1) is 17.4. The largest absolute Gasteiger partial charge is 0.490 e. The summed E-state index contributed by atoms with van der Waals surface area (Å²) in [5, 5.41) is 9.60. The molecular formula is C11H11F3N2O4. The van der Waals surface area contributed by atoms with Crippen LogP contribution in [0, 0.1) is 0 Å². The molecule has 0 heterocycles. The van der Waals surface area contributed by atoms with Crippen molar-refractivity contribution in [2.24, 2.45) is 5.73 Å². The van der Waals surface area contributed by atoms with E-state index in [1.165, 1.54) is 12.1 Å². The van der Waals surface area contributed by atoms with Gasteiger partial charge in [-0.25, -0.2) is 4.79 Å². The summed E-state index contributed by atoms with van der Waals surface area (Å²) in [6.45, 7) is 0. The Morgan fingerprint density at radius 1 is 1.10 bits per heavy atom. The third-order valence-electron chi connectivity index (χ3n) is 1.90. The topological polar surface area (TPSA) is 109 Å². The highest BCUT2D eigenvalue weighted by molar-refractivity contribution is 5.97. The lowest BCUT2D eigenvalue weighted by atomic mass is 10.1. The molecule has 0 radical (unpaired) electrons. The maximum Gasteiger partial charge on any atom is 0.490 e. The van der Waals surface area contributed by atoms with Crippen LogP contribution in [0.25, 0.3) is 0 Å². The molecule has 20 heavy (non-hydrogen) atoms. The zero-order valence-electron chi connectivity index (χ0n) is 10.2. The van der Waals surface area contributed by atoms with Crippen molar-refractivity contribution in [3.63, 3.8) is 0 Å². The van der Waals surface area contributed by atoms with E-state index >= 15 is 0 Å². The zero-order chi connectivity index (χ0) is 15.9. The van der Waals surface area contributed by atoms with Crippen molar-refractivity contribution in [3.05, 3.63) is 35.4 Å². The summed E-state index contributed by atoms with van der Waals surface area (Å²) in [5.41, 5.74) is 5.94. The van der Waals surface area contributed by atoms with Crippen LogP contribution in [-0.4, -0.2) is 36.1 Å². The van der Waals surface area contributed by atoms with Crippen LogP contribution in [0.2, 0.25) is 0 Å². The van der Waals surface area contributed by atoms with Gasteiger partial charge in [-0.3, -0.25) is 9.59 Å². The van der Waals surface area contributed by atoms with E-state index in [0.717, 1.165) is 0 Å². The average Bonchev–Trinajstić information content (AvgIpc) is 2.37. The minimum Gasteiger partial charge on any atom is -0.475 e. The van der Waals surface area contributed by atoms with Crippen LogP contribution in [0.1, 0.15) is 20.7 Å². The maximum absolute atomic E-state index is 11.1. The fourth-order valence-electron chi connectivity index (χ4n) is 0.930. The second-order valence-corrected chi connectivity index (χ2v) is 3.32. The van der Waals surface area contributed by atoms with Gasteiger partial charge in [-0.1, -0.05) is 0 Å². The number of carboxylic acids is 1. The molecule has 1 rings (SSSR count). The molecule has 0 aliphatic carbocycles. The number of alkyl halides is 3. The smallest absolute Gasteiger partial charge is 0.475 e. The predicted molar refractivity (Wildman–Crippen MR) is 62.0 cm³/mol. The summed E-state index contributed by atoms with van der Waals surface area (Å²) < 4.78 is 31.7. The van der Waals surface area contributed by atoms with Gasteiger partial charge in [-0.2, -0.15) is 13.2 Å². The van der Waals surface area contributed by atoms with Crippen LogP contribution in [-0.2, 0) is 4.79 Å². The van der Waals surface area contributed by atoms with E-state index in [9.17, 15) is 22.8 Å². The second kappa shape index (κ2) is 7.12. The number of primary amides is 1. The Labute approximate surface area is 111 Å². The van der Waals surface area contributed by atoms with Crippen molar-refractivity contribution in [2.45, 2.75) is 6.18 Å². The Morgan fingerprint density at radius 3 is 1.70 bits per heavy atom. The van der Waals surface area contributed by atoms with Gasteiger partial charge in [0.25, 0.3) is 5.91 Å². The number of hydrogen-bond donors (Lipinski definition) is 3. The predicted octanol–water partition coefficient (Wildman–Crippen LogP) is 0.778. The summed E-state index contributed by atoms with van der Waals surface area (Å²) >= 11 is 0. The van der Waals surface area contributed by atoms with Crippen LogP contribution in [0.15, 0.2) is 24.3 Å². The molecule has 110 valence electrons. The van der Waals surface area contributed by atoms with Gasteiger partial charge < -0.3 is 16.2 Å². The van der Waals surface area contributed by atoms with Gasteiger partial charge in [-0.05, 0) is 24.3 Å². The molecule has 0 aliphatic heterocycles. The fraction of sp³-hybridized carbons (Fsp3) is 0.182. The molecule has 9 heteroatoms.